The SMILES string of the molecule is N[C@@H](CO)C12CC3CC(CC(C3)C1)C2. The standard InChI is InChI=1S/C12H21NO/c13-11(7-14)12-4-8-1-9(5-12)3-10(2-8)6-12/h8-11,14H,1-7,13H2/t8?,9?,10?,11-,12?/m0/s1. The van der Waals surface area contributed by atoms with E-state index in [1.54, 1.807) is 0 Å². The van der Waals surface area contributed by atoms with Crippen molar-refractivity contribution in [3.05, 3.63) is 0 Å². The maximum Gasteiger partial charge on any atom is 0.0587 e. The smallest absolute Gasteiger partial charge is 0.0587 e. The van der Waals surface area contributed by atoms with E-state index >= 15 is 0 Å². The van der Waals surface area contributed by atoms with Crippen LogP contribution in [0.4, 0.5) is 0 Å². The fourth-order valence-corrected chi connectivity index (χ4v) is 4.83. The van der Waals surface area contributed by atoms with Gasteiger partial charge in [0.05, 0.1) is 6.61 Å². The Morgan fingerprint density at radius 3 is 1.86 bits per heavy atom. The van der Waals surface area contributed by atoms with Crippen LogP contribution in [0.2, 0.25) is 0 Å². The summed E-state index contributed by atoms with van der Waals surface area (Å²) >= 11 is 0. The highest BCUT2D eigenvalue weighted by molar-refractivity contribution is 5.05. The Bertz CT molecular complexity index is 203. The lowest BCUT2D eigenvalue weighted by Gasteiger charge is -2.58. The van der Waals surface area contributed by atoms with Crippen LogP contribution >= 0.6 is 0 Å². The van der Waals surface area contributed by atoms with Gasteiger partial charge in [-0.05, 0) is 61.7 Å². The van der Waals surface area contributed by atoms with Crippen molar-refractivity contribution in [2.75, 3.05) is 6.61 Å². The van der Waals surface area contributed by atoms with E-state index in [4.69, 9.17) is 5.73 Å². The van der Waals surface area contributed by atoms with Crippen molar-refractivity contribution in [3.63, 3.8) is 0 Å². The van der Waals surface area contributed by atoms with Gasteiger partial charge >= 0.3 is 0 Å². The van der Waals surface area contributed by atoms with Crippen molar-refractivity contribution in [2.24, 2.45) is 28.9 Å². The lowest BCUT2D eigenvalue weighted by atomic mass is 9.48. The molecule has 0 amide bonds. The Labute approximate surface area is 85.9 Å². The Morgan fingerprint density at radius 1 is 1.07 bits per heavy atom. The molecule has 2 nitrogen and oxygen atoms in total. The molecule has 0 aliphatic heterocycles. The molecular formula is C12H21NO. The second-order valence-corrected chi connectivity index (χ2v) is 6.07. The maximum absolute atomic E-state index is 9.27. The van der Waals surface area contributed by atoms with Crippen molar-refractivity contribution in [1.82, 2.24) is 0 Å². The minimum absolute atomic E-state index is 0.0518. The summed E-state index contributed by atoms with van der Waals surface area (Å²) in [5.74, 6) is 2.83. The van der Waals surface area contributed by atoms with Crippen LogP contribution in [-0.2, 0) is 0 Å². The number of aliphatic hydroxyl groups is 1. The van der Waals surface area contributed by atoms with E-state index in [2.05, 4.69) is 0 Å². The first-order valence-corrected chi connectivity index (χ1v) is 6.08. The van der Waals surface area contributed by atoms with Crippen LogP contribution in [-0.4, -0.2) is 17.8 Å². The predicted molar refractivity (Wildman–Crippen MR) is 55.7 cm³/mol. The van der Waals surface area contributed by atoms with Crippen molar-refractivity contribution in [1.29, 1.82) is 0 Å². The summed E-state index contributed by atoms with van der Waals surface area (Å²) in [6.45, 7) is 0.187. The van der Waals surface area contributed by atoms with Gasteiger partial charge < -0.3 is 10.8 Å². The molecule has 4 aliphatic rings. The first-order valence-electron chi connectivity index (χ1n) is 6.08. The Kier molecular flexibility index (Phi) is 1.94. The summed E-state index contributed by atoms with van der Waals surface area (Å²) < 4.78 is 0. The highest BCUT2D eigenvalue weighted by Crippen LogP contribution is 2.60. The molecule has 0 aromatic rings. The van der Waals surface area contributed by atoms with Gasteiger partial charge in [0.15, 0.2) is 0 Å². The summed E-state index contributed by atoms with van der Waals surface area (Å²) in [6, 6.07) is 0.0518. The summed E-state index contributed by atoms with van der Waals surface area (Å²) in [5.41, 5.74) is 6.46. The third kappa shape index (κ3) is 1.17. The molecule has 0 aromatic carbocycles. The van der Waals surface area contributed by atoms with Crippen LogP contribution in [0.15, 0.2) is 0 Å². The van der Waals surface area contributed by atoms with Crippen molar-refractivity contribution in [2.45, 2.75) is 44.6 Å². The van der Waals surface area contributed by atoms with E-state index in [9.17, 15) is 5.11 Å². The first kappa shape index (κ1) is 9.17. The van der Waals surface area contributed by atoms with E-state index < -0.39 is 0 Å². The van der Waals surface area contributed by atoms with Crippen LogP contribution in [0.5, 0.6) is 0 Å². The quantitative estimate of drug-likeness (QED) is 0.702. The fourth-order valence-electron chi connectivity index (χ4n) is 4.83. The van der Waals surface area contributed by atoms with E-state index in [-0.39, 0.29) is 12.6 Å². The molecule has 0 radical (unpaired) electrons. The molecule has 0 heterocycles. The second kappa shape index (κ2) is 2.96. The molecule has 4 rings (SSSR count). The zero-order chi connectivity index (χ0) is 9.76. The topological polar surface area (TPSA) is 46.2 Å². The highest BCUT2D eigenvalue weighted by atomic mass is 16.3. The van der Waals surface area contributed by atoms with Crippen molar-refractivity contribution < 1.29 is 5.11 Å². The maximum atomic E-state index is 9.27. The summed E-state index contributed by atoms with van der Waals surface area (Å²) in [6.07, 6.45) is 8.29. The van der Waals surface area contributed by atoms with Crippen LogP contribution in [0, 0.1) is 23.2 Å². The molecule has 2 heteroatoms. The van der Waals surface area contributed by atoms with Gasteiger partial charge in [0.1, 0.15) is 0 Å². The lowest BCUT2D eigenvalue weighted by molar-refractivity contribution is -0.0747. The van der Waals surface area contributed by atoms with Gasteiger partial charge in [-0.2, -0.15) is 0 Å². The van der Waals surface area contributed by atoms with E-state index in [1.165, 1.54) is 38.5 Å². The summed E-state index contributed by atoms with van der Waals surface area (Å²) in [5, 5.41) is 9.27. The number of rotatable bonds is 2. The van der Waals surface area contributed by atoms with Gasteiger partial charge in [-0.25, -0.2) is 0 Å². The Morgan fingerprint density at radius 2 is 1.50 bits per heavy atom. The van der Waals surface area contributed by atoms with Crippen LogP contribution in [0.1, 0.15) is 38.5 Å². The monoisotopic (exact) mass is 195 g/mol. The highest BCUT2D eigenvalue weighted by Gasteiger charge is 2.53. The molecule has 0 spiro atoms. The van der Waals surface area contributed by atoms with Gasteiger partial charge in [-0.15, -0.1) is 0 Å². The third-order valence-corrected chi connectivity index (χ3v) is 5.07. The zero-order valence-electron chi connectivity index (χ0n) is 8.78. The average molecular weight is 195 g/mol. The predicted octanol–water partition coefficient (Wildman–Crippen LogP) is 1.52. The number of nitrogens with two attached hydrogens (primary N) is 1. The molecule has 0 aromatic heterocycles. The summed E-state index contributed by atoms with van der Waals surface area (Å²) in [4.78, 5) is 0. The zero-order valence-corrected chi connectivity index (χ0v) is 8.78. The van der Waals surface area contributed by atoms with Crippen molar-refractivity contribution in [3.8, 4) is 0 Å². The van der Waals surface area contributed by atoms with E-state index in [0.717, 1.165) is 17.8 Å². The molecule has 1 atom stereocenters. The van der Waals surface area contributed by atoms with E-state index in [1.807, 2.05) is 0 Å². The number of hydrogen-bond acceptors (Lipinski definition) is 2. The molecule has 3 N–H and O–H groups in total. The molecule has 4 fully saturated rings. The van der Waals surface area contributed by atoms with Crippen molar-refractivity contribution >= 4 is 0 Å². The van der Waals surface area contributed by atoms with Gasteiger partial charge in [-0.1, -0.05) is 0 Å². The molecule has 14 heavy (non-hydrogen) atoms. The van der Waals surface area contributed by atoms with Crippen LogP contribution in [0.3, 0.4) is 0 Å². The molecule has 0 saturated heterocycles. The first-order chi connectivity index (χ1) is 6.72. The second-order valence-electron chi connectivity index (χ2n) is 6.07. The molecule has 4 aliphatic carbocycles. The minimum Gasteiger partial charge on any atom is -0.395 e. The molecule has 4 saturated carbocycles. The minimum atomic E-state index is 0.0518. The molecular weight excluding hydrogens is 174 g/mol. The average Bonchev–Trinajstić information content (AvgIpc) is 2.14. The Hall–Kier alpha value is -0.0800. The van der Waals surface area contributed by atoms with Gasteiger partial charge in [0.2, 0.25) is 0 Å². The van der Waals surface area contributed by atoms with E-state index in [0.29, 0.717) is 5.41 Å². The van der Waals surface area contributed by atoms with Crippen LogP contribution < -0.4 is 5.73 Å². The third-order valence-electron chi connectivity index (χ3n) is 5.07. The normalized spacial score (nSPS) is 52.3. The summed E-state index contributed by atoms with van der Waals surface area (Å²) in [7, 11) is 0. The molecule has 0 unspecified atom stereocenters. The van der Waals surface area contributed by atoms with Gasteiger partial charge in [-0.3, -0.25) is 0 Å². The number of hydrogen-bond donors (Lipinski definition) is 2. The molecule has 80 valence electrons. The Balaban J connectivity index is 1.87. The van der Waals surface area contributed by atoms with Gasteiger partial charge in [0, 0.05) is 6.04 Å². The fraction of sp³-hybridized carbons (Fsp3) is 1.00. The largest absolute Gasteiger partial charge is 0.395 e. The lowest BCUT2D eigenvalue weighted by Crippen LogP contribution is -2.55. The van der Waals surface area contributed by atoms with Crippen LogP contribution in [0.25, 0.3) is 0 Å². The number of aliphatic hydroxyl groups excluding tert-OH is 1. The molecule has 4 bridgehead atoms. The van der Waals surface area contributed by atoms with Gasteiger partial charge in [0.25, 0.3) is 0 Å².